The number of fused-ring (bicyclic) bond motifs is 1. The van der Waals surface area contributed by atoms with Gasteiger partial charge >= 0.3 is 0 Å². The summed E-state index contributed by atoms with van der Waals surface area (Å²) in [5.41, 5.74) is -0.592. The number of rotatable bonds is 0. The molecule has 3 atom stereocenters. The van der Waals surface area contributed by atoms with Crippen LogP contribution in [0.2, 0.25) is 0 Å². The fourth-order valence-corrected chi connectivity index (χ4v) is 3.49. The molecular formula is C10H18ClNO. The minimum absolute atomic E-state index is 0.246. The Kier molecular flexibility index (Phi) is 2.14. The molecule has 0 aromatic heterocycles. The van der Waals surface area contributed by atoms with Crippen LogP contribution in [0, 0.1) is 0 Å². The number of nitrogens with zero attached hydrogens (tertiary/aromatic N) is 1. The number of aliphatic hydroxyl groups is 1. The number of hydrogen-bond donors (Lipinski definition) is 1. The predicted molar refractivity (Wildman–Crippen MR) is 54.1 cm³/mol. The molecule has 3 unspecified atom stereocenters. The Balaban J connectivity index is 2.21. The first kappa shape index (κ1) is 9.75. The van der Waals surface area contributed by atoms with Gasteiger partial charge in [0.05, 0.1) is 10.5 Å². The first-order valence-corrected chi connectivity index (χ1v) is 5.44. The Morgan fingerprint density at radius 3 is 2.85 bits per heavy atom. The summed E-state index contributed by atoms with van der Waals surface area (Å²) in [5.74, 6) is 0. The normalized spacial score (nSPS) is 52.2. The number of hydrogen-bond acceptors (Lipinski definition) is 2. The van der Waals surface area contributed by atoms with Gasteiger partial charge in [-0.05, 0) is 39.7 Å². The van der Waals surface area contributed by atoms with Crippen molar-refractivity contribution in [3.63, 3.8) is 0 Å². The zero-order valence-corrected chi connectivity index (χ0v) is 9.14. The lowest BCUT2D eigenvalue weighted by Gasteiger charge is -2.47. The maximum absolute atomic E-state index is 10.3. The van der Waals surface area contributed by atoms with E-state index in [-0.39, 0.29) is 4.87 Å². The summed E-state index contributed by atoms with van der Waals surface area (Å²) in [6, 6.07) is 0.347. The van der Waals surface area contributed by atoms with Crippen LogP contribution in [0.25, 0.3) is 0 Å². The second kappa shape index (κ2) is 2.85. The topological polar surface area (TPSA) is 23.5 Å². The van der Waals surface area contributed by atoms with E-state index in [1.165, 1.54) is 6.42 Å². The van der Waals surface area contributed by atoms with Gasteiger partial charge in [0.25, 0.3) is 0 Å². The van der Waals surface area contributed by atoms with Crippen molar-refractivity contribution in [2.45, 2.75) is 49.6 Å². The zero-order valence-electron chi connectivity index (χ0n) is 8.39. The monoisotopic (exact) mass is 203 g/mol. The van der Waals surface area contributed by atoms with Crippen LogP contribution in [0.15, 0.2) is 0 Å². The average molecular weight is 204 g/mol. The number of alkyl halides is 1. The highest BCUT2D eigenvalue weighted by atomic mass is 35.5. The van der Waals surface area contributed by atoms with Crippen LogP contribution in [0.1, 0.15) is 33.1 Å². The average Bonchev–Trinajstić information content (AvgIpc) is 2.29. The highest BCUT2D eigenvalue weighted by Crippen LogP contribution is 2.41. The molecule has 3 heteroatoms. The highest BCUT2D eigenvalue weighted by Gasteiger charge is 2.49. The summed E-state index contributed by atoms with van der Waals surface area (Å²) in [5, 5.41) is 10.3. The number of piperidine rings is 1. The summed E-state index contributed by atoms with van der Waals surface area (Å²) in [4.78, 5) is 2.10. The van der Waals surface area contributed by atoms with Crippen molar-refractivity contribution in [2.24, 2.45) is 0 Å². The molecule has 1 N–H and O–H groups in total. The van der Waals surface area contributed by atoms with E-state index in [2.05, 4.69) is 4.90 Å². The van der Waals surface area contributed by atoms with Crippen LogP contribution in [0.5, 0.6) is 0 Å². The highest BCUT2D eigenvalue weighted by molar-refractivity contribution is 6.24. The fraction of sp³-hybridized carbons (Fsp3) is 1.00. The smallest absolute Gasteiger partial charge is 0.0791 e. The molecule has 2 aliphatic heterocycles. The lowest BCUT2D eigenvalue weighted by atomic mass is 9.81. The van der Waals surface area contributed by atoms with Crippen molar-refractivity contribution in [1.82, 2.24) is 4.90 Å². The van der Waals surface area contributed by atoms with Crippen LogP contribution in [0.4, 0.5) is 0 Å². The molecule has 0 amide bonds. The molecule has 2 heterocycles. The molecule has 2 rings (SSSR count). The minimum Gasteiger partial charge on any atom is -0.388 e. The first-order chi connectivity index (χ1) is 5.91. The SMILES string of the molecule is CC1(Cl)CN2CCCC2C(C)(O)C1. The van der Waals surface area contributed by atoms with Gasteiger partial charge in [0, 0.05) is 12.6 Å². The van der Waals surface area contributed by atoms with Crippen molar-refractivity contribution in [3.05, 3.63) is 0 Å². The summed E-state index contributed by atoms with van der Waals surface area (Å²) in [6.07, 6.45) is 3.04. The van der Waals surface area contributed by atoms with E-state index in [4.69, 9.17) is 11.6 Å². The van der Waals surface area contributed by atoms with Crippen LogP contribution in [-0.4, -0.2) is 39.6 Å². The van der Waals surface area contributed by atoms with E-state index < -0.39 is 5.60 Å². The summed E-state index contributed by atoms with van der Waals surface area (Å²) in [7, 11) is 0. The molecule has 0 radical (unpaired) electrons. The van der Waals surface area contributed by atoms with Gasteiger partial charge in [-0.3, -0.25) is 4.90 Å². The van der Waals surface area contributed by atoms with E-state index in [0.717, 1.165) is 19.5 Å². The Morgan fingerprint density at radius 1 is 1.46 bits per heavy atom. The Bertz CT molecular complexity index is 215. The molecule has 2 saturated heterocycles. The minimum atomic E-state index is -0.592. The standard InChI is InChI=1S/C10H18ClNO/c1-9(11)6-10(2,13)8-4-3-5-12(8)7-9/h8,13H,3-7H2,1-2H3. The maximum atomic E-state index is 10.3. The Morgan fingerprint density at radius 2 is 2.15 bits per heavy atom. The second-order valence-electron chi connectivity index (χ2n) is 5.08. The van der Waals surface area contributed by atoms with Crippen molar-refractivity contribution >= 4 is 11.6 Å². The lowest BCUT2D eigenvalue weighted by molar-refractivity contribution is -0.0628. The summed E-state index contributed by atoms with van der Waals surface area (Å²) in [6.45, 7) is 5.98. The third kappa shape index (κ3) is 1.72. The molecule has 2 nitrogen and oxygen atoms in total. The molecule has 0 aromatic rings. The van der Waals surface area contributed by atoms with Gasteiger partial charge in [0.1, 0.15) is 0 Å². The van der Waals surface area contributed by atoms with Gasteiger partial charge in [-0.2, -0.15) is 0 Å². The third-order valence-corrected chi connectivity index (χ3v) is 3.59. The quantitative estimate of drug-likeness (QED) is 0.605. The summed E-state index contributed by atoms with van der Waals surface area (Å²) < 4.78 is 0. The van der Waals surface area contributed by atoms with Gasteiger partial charge < -0.3 is 5.11 Å². The second-order valence-corrected chi connectivity index (χ2v) is 5.99. The molecular weight excluding hydrogens is 186 g/mol. The van der Waals surface area contributed by atoms with Gasteiger partial charge in [0.15, 0.2) is 0 Å². The molecule has 0 spiro atoms. The molecule has 2 fully saturated rings. The molecule has 0 bridgehead atoms. The van der Waals surface area contributed by atoms with Crippen molar-refractivity contribution in [1.29, 1.82) is 0 Å². The van der Waals surface area contributed by atoms with Gasteiger partial charge in [-0.15, -0.1) is 11.6 Å². The van der Waals surface area contributed by atoms with E-state index in [1.807, 2.05) is 13.8 Å². The Labute approximate surface area is 84.9 Å². The van der Waals surface area contributed by atoms with Gasteiger partial charge in [-0.25, -0.2) is 0 Å². The maximum Gasteiger partial charge on any atom is 0.0791 e. The van der Waals surface area contributed by atoms with Gasteiger partial charge in [0.2, 0.25) is 0 Å². The lowest BCUT2D eigenvalue weighted by Crippen LogP contribution is -2.59. The van der Waals surface area contributed by atoms with Crippen LogP contribution in [0.3, 0.4) is 0 Å². The third-order valence-electron chi connectivity index (χ3n) is 3.34. The van der Waals surface area contributed by atoms with Crippen molar-refractivity contribution in [3.8, 4) is 0 Å². The van der Waals surface area contributed by atoms with Crippen molar-refractivity contribution in [2.75, 3.05) is 13.1 Å². The summed E-state index contributed by atoms with van der Waals surface area (Å²) >= 11 is 6.32. The first-order valence-electron chi connectivity index (χ1n) is 5.06. The van der Waals surface area contributed by atoms with E-state index in [1.54, 1.807) is 0 Å². The molecule has 0 saturated carbocycles. The Hall–Kier alpha value is 0.210. The molecule has 76 valence electrons. The van der Waals surface area contributed by atoms with Crippen molar-refractivity contribution < 1.29 is 5.11 Å². The molecule has 2 aliphatic rings. The predicted octanol–water partition coefficient (Wildman–Crippen LogP) is 1.60. The fourth-order valence-electron chi connectivity index (χ4n) is 3.06. The molecule has 0 aliphatic carbocycles. The van der Waals surface area contributed by atoms with E-state index >= 15 is 0 Å². The van der Waals surface area contributed by atoms with E-state index in [9.17, 15) is 5.11 Å². The zero-order chi connectivity index (χ0) is 9.69. The number of halogens is 1. The van der Waals surface area contributed by atoms with Crippen LogP contribution >= 0.6 is 11.6 Å². The molecule has 13 heavy (non-hydrogen) atoms. The van der Waals surface area contributed by atoms with Crippen LogP contribution < -0.4 is 0 Å². The molecule has 0 aromatic carbocycles. The van der Waals surface area contributed by atoms with Gasteiger partial charge in [-0.1, -0.05) is 0 Å². The van der Waals surface area contributed by atoms with E-state index in [0.29, 0.717) is 12.5 Å². The van der Waals surface area contributed by atoms with Crippen LogP contribution in [-0.2, 0) is 0 Å². The largest absolute Gasteiger partial charge is 0.388 e.